The number of aromatic nitrogens is 3. The van der Waals surface area contributed by atoms with E-state index in [1.54, 1.807) is 0 Å². The summed E-state index contributed by atoms with van der Waals surface area (Å²) >= 11 is 5.96. The van der Waals surface area contributed by atoms with Gasteiger partial charge in [0.2, 0.25) is 17.6 Å². The Morgan fingerprint density at radius 3 is 2.46 bits per heavy atom. The number of oxazole rings is 1. The zero-order chi connectivity index (χ0) is 26.6. The zero-order valence-corrected chi connectivity index (χ0v) is 22.0. The molecule has 10 heteroatoms. The van der Waals surface area contributed by atoms with Gasteiger partial charge in [0, 0.05) is 54.9 Å². The molecule has 0 amide bonds. The quantitative estimate of drug-likeness (QED) is 0.281. The standard InChI is InChI=1S/C29H28ClN5O4/c30-22-8-6-20(7-9-22)28-32-27(39-33-28)18-35-14-12-34(13-15-35)17-23(36)19-37-24-10-11-26-25(16-24)31-29(38-26)21-4-2-1-3-5-21/h1-11,16,23,36H,12-15,17-19H2/t23-/m0/s1. The Labute approximate surface area is 230 Å². The van der Waals surface area contributed by atoms with Gasteiger partial charge in [0.25, 0.3) is 0 Å². The predicted octanol–water partition coefficient (Wildman–Crippen LogP) is 4.76. The largest absolute Gasteiger partial charge is 0.491 e. The third kappa shape index (κ3) is 6.29. The first-order valence-corrected chi connectivity index (χ1v) is 13.3. The third-order valence-electron chi connectivity index (χ3n) is 6.69. The molecule has 1 fully saturated rings. The molecule has 200 valence electrons. The average Bonchev–Trinajstić information content (AvgIpc) is 3.61. The minimum atomic E-state index is -0.609. The fraction of sp³-hybridized carbons (Fsp3) is 0.276. The molecule has 0 spiro atoms. The highest BCUT2D eigenvalue weighted by molar-refractivity contribution is 6.30. The first kappa shape index (κ1) is 25.5. The molecular weight excluding hydrogens is 518 g/mol. The number of ether oxygens (including phenoxy) is 1. The van der Waals surface area contributed by atoms with E-state index in [0.717, 1.165) is 42.8 Å². The Kier molecular flexibility index (Phi) is 7.55. The van der Waals surface area contributed by atoms with Crippen LogP contribution in [0, 0.1) is 0 Å². The minimum Gasteiger partial charge on any atom is -0.491 e. The molecular formula is C29H28ClN5O4. The van der Waals surface area contributed by atoms with Crippen LogP contribution in [0.4, 0.5) is 0 Å². The lowest BCUT2D eigenvalue weighted by Gasteiger charge is -2.34. The lowest BCUT2D eigenvalue weighted by Crippen LogP contribution is -2.48. The Balaban J connectivity index is 0.956. The van der Waals surface area contributed by atoms with Crippen LogP contribution < -0.4 is 4.74 Å². The van der Waals surface area contributed by atoms with Crippen molar-refractivity contribution in [3.8, 4) is 28.6 Å². The molecule has 0 aliphatic carbocycles. The van der Waals surface area contributed by atoms with E-state index in [2.05, 4.69) is 24.9 Å². The van der Waals surface area contributed by atoms with Crippen molar-refractivity contribution < 1.29 is 18.8 Å². The number of nitrogens with zero attached hydrogens (tertiary/aromatic N) is 5. The van der Waals surface area contributed by atoms with E-state index in [1.165, 1.54) is 0 Å². The van der Waals surface area contributed by atoms with Crippen molar-refractivity contribution in [2.75, 3.05) is 39.3 Å². The van der Waals surface area contributed by atoms with Crippen LogP contribution in [0.25, 0.3) is 33.9 Å². The normalized spacial score (nSPS) is 15.5. The van der Waals surface area contributed by atoms with Crippen LogP contribution in [0.5, 0.6) is 5.75 Å². The van der Waals surface area contributed by atoms with Gasteiger partial charge in [-0.1, -0.05) is 35.0 Å². The molecule has 0 saturated carbocycles. The Bertz CT molecular complexity index is 1510. The topological polar surface area (TPSA) is 101 Å². The molecule has 1 saturated heterocycles. The second-order valence-electron chi connectivity index (χ2n) is 9.57. The van der Waals surface area contributed by atoms with Gasteiger partial charge in [-0.2, -0.15) is 4.98 Å². The fourth-order valence-electron chi connectivity index (χ4n) is 4.60. The average molecular weight is 546 g/mol. The lowest BCUT2D eigenvalue weighted by atomic mass is 10.2. The molecule has 0 unspecified atom stereocenters. The first-order valence-electron chi connectivity index (χ1n) is 12.9. The summed E-state index contributed by atoms with van der Waals surface area (Å²) in [5.74, 6) is 2.37. The predicted molar refractivity (Wildman–Crippen MR) is 147 cm³/mol. The number of β-amino-alcohol motifs (C(OH)–C–C–N with tert-alkyl or cyclic N) is 1. The number of piperazine rings is 1. The van der Waals surface area contributed by atoms with E-state index in [4.69, 9.17) is 25.3 Å². The summed E-state index contributed by atoms with van der Waals surface area (Å²) in [5.41, 5.74) is 3.21. The summed E-state index contributed by atoms with van der Waals surface area (Å²) in [6, 6.07) is 22.7. The Morgan fingerprint density at radius 2 is 1.67 bits per heavy atom. The van der Waals surface area contributed by atoms with Crippen molar-refractivity contribution in [3.63, 3.8) is 0 Å². The van der Waals surface area contributed by atoms with E-state index in [0.29, 0.717) is 47.1 Å². The van der Waals surface area contributed by atoms with E-state index >= 15 is 0 Å². The van der Waals surface area contributed by atoms with E-state index in [1.807, 2.05) is 72.8 Å². The van der Waals surface area contributed by atoms with Crippen LogP contribution in [0.1, 0.15) is 5.89 Å². The van der Waals surface area contributed by atoms with Crippen molar-refractivity contribution >= 4 is 22.7 Å². The van der Waals surface area contributed by atoms with E-state index in [9.17, 15) is 5.11 Å². The smallest absolute Gasteiger partial charge is 0.241 e. The maximum atomic E-state index is 10.6. The van der Waals surface area contributed by atoms with Gasteiger partial charge in [-0.25, -0.2) is 4.98 Å². The van der Waals surface area contributed by atoms with E-state index < -0.39 is 6.10 Å². The molecule has 1 N–H and O–H groups in total. The molecule has 1 aliphatic heterocycles. The Hall–Kier alpha value is -3.76. The van der Waals surface area contributed by atoms with Crippen molar-refractivity contribution in [1.29, 1.82) is 0 Å². The molecule has 9 nitrogen and oxygen atoms in total. The van der Waals surface area contributed by atoms with Gasteiger partial charge >= 0.3 is 0 Å². The van der Waals surface area contributed by atoms with Crippen LogP contribution in [-0.2, 0) is 6.54 Å². The molecule has 6 rings (SSSR count). The molecule has 1 atom stereocenters. The number of hydrogen-bond donors (Lipinski definition) is 1. The minimum absolute atomic E-state index is 0.199. The van der Waals surface area contributed by atoms with Crippen molar-refractivity contribution in [3.05, 3.63) is 83.7 Å². The van der Waals surface area contributed by atoms with Crippen LogP contribution in [0.3, 0.4) is 0 Å². The summed E-state index contributed by atoms with van der Waals surface area (Å²) in [6.45, 7) is 4.70. The first-order chi connectivity index (χ1) is 19.1. The molecule has 0 bridgehead atoms. The second-order valence-corrected chi connectivity index (χ2v) is 10.0. The van der Waals surface area contributed by atoms with E-state index in [-0.39, 0.29) is 6.61 Å². The summed E-state index contributed by atoms with van der Waals surface area (Å²) in [5, 5.41) is 15.4. The molecule has 0 radical (unpaired) electrons. The number of aliphatic hydroxyl groups is 1. The van der Waals surface area contributed by atoms with Gasteiger partial charge < -0.3 is 18.8 Å². The molecule has 1 aliphatic rings. The van der Waals surface area contributed by atoms with Gasteiger partial charge in [-0.05, 0) is 48.5 Å². The zero-order valence-electron chi connectivity index (χ0n) is 21.2. The Morgan fingerprint density at radius 1 is 0.897 bits per heavy atom. The fourth-order valence-corrected chi connectivity index (χ4v) is 4.73. The van der Waals surface area contributed by atoms with Gasteiger partial charge in [0.15, 0.2) is 5.58 Å². The summed E-state index contributed by atoms with van der Waals surface area (Å²) in [6.07, 6.45) is -0.609. The van der Waals surface area contributed by atoms with Gasteiger partial charge in [0.1, 0.15) is 24.0 Å². The number of fused-ring (bicyclic) bond motifs is 1. The van der Waals surface area contributed by atoms with Crippen LogP contribution in [0.15, 0.2) is 81.7 Å². The molecule has 3 aromatic carbocycles. The molecule has 5 aromatic rings. The summed E-state index contributed by atoms with van der Waals surface area (Å²) in [7, 11) is 0. The molecule has 39 heavy (non-hydrogen) atoms. The van der Waals surface area contributed by atoms with Gasteiger partial charge in [0.05, 0.1) is 6.54 Å². The molecule has 3 heterocycles. The maximum absolute atomic E-state index is 10.6. The van der Waals surface area contributed by atoms with Crippen molar-refractivity contribution in [2.45, 2.75) is 12.6 Å². The number of hydrogen-bond acceptors (Lipinski definition) is 9. The van der Waals surface area contributed by atoms with Crippen molar-refractivity contribution in [2.24, 2.45) is 0 Å². The number of aliphatic hydroxyl groups excluding tert-OH is 1. The van der Waals surface area contributed by atoms with Gasteiger partial charge in [-0.3, -0.25) is 9.80 Å². The monoisotopic (exact) mass is 545 g/mol. The highest BCUT2D eigenvalue weighted by atomic mass is 35.5. The second kappa shape index (κ2) is 11.5. The number of benzene rings is 3. The molecule has 2 aromatic heterocycles. The number of rotatable bonds is 9. The summed E-state index contributed by atoms with van der Waals surface area (Å²) < 4.78 is 17.2. The number of halogens is 1. The third-order valence-corrected chi connectivity index (χ3v) is 6.94. The van der Waals surface area contributed by atoms with Crippen LogP contribution in [0.2, 0.25) is 5.02 Å². The maximum Gasteiger partial charge on any atom is 0.241 e. The highest BCUT2D eigenvalue weighted by Crippen LogP contribution is 2.27. The van der Waals surface area contributed by atoms with Crippen molar-refractivity contribution in [1.82, 2.24) is 24.9 Å². The van der Waals surface area contributed by atoms with Gasteiger partial charge in [-0.15, -0.1) is 0 Å². The lowest BCUT2D eigenvalue weighted by molar-refractivity contribution is 0.0426. The SMILES string of the molecule is O[C@H](COc1ccc2oc(-c3ccccc3)nc2c1)CN1CCN(Cc2nc(-c3ccc(Cl)cc3)no2)CC1. The van der Waals surface area contributed by atoms with Crippen LogP contribution >= 0.6 is 11.6 Å². The highest BCUT2D eigenvalue weighted by Gasteiger charge is 2.21. The summed E-state index contributed by atoms with van der Waals surface area (Å²) in [4.78, 5) is 13.6. The van der Waals surface area contributed by atoms with Crippen LogP contribution in [-0.4, -0.2) is 75.5 Å².